The smallest absolute Gasteiger partial charge is 0.338 e. The number of halogens is 1. The first kappa shape index (κ1) is 30.6. The Balaban J connectivity index is 1.57. The van der Waals surface area contributed by atoms with Crippen LogP contribution in [0.1, 0.15) is 56.1 Å². The summed E-state index contributed by atoms with van der Waals surface area (Å²) in [6.07, 6.45) is 1.84. The van der Waals surface area contributed by atoms with Crippen molar-refractivity contribution in [2.24, 2.45) is 4.99 Å². The van der Waals surface area contributed by atoms with Crippen molar-refractivity contribution in [1.29, 1.82) is 0 Å². The van der Waals surface area contributed by atoms with Gasteiger partial charge < -0.3 is 14.0 Å². The minimum atomic E-state index is -0.764. The largest absolute Gasteiger partial charge is 0.491 e. The number of ether oxygens (including phenoxy) is 2. The number of nitrogens with zero attached hydrogens (tertiary/aromatic N) is 3. The zero-order valence-corrected chi connectivity index (χ0v) is 27.4. The van der Waals surface area contributed by atoms with Crippen LogP contribution in [0.25, 0.3) is 17.0 Å². The Bertz CT molecular complexity index is 2150. The molecule has 1 aliphatic rings. The van der Waals surface area contributed by atoms with Crippen LogP contribution in [0.15, 0.2) is 93.9 Å². The monoisotopic (exact) mass is 639 g/mol. The number of benzene rings is 3. The van der Waals surface area contributed by atoms with Crippen LogP contribution in [-0.2, 0) is 16.1 Å². The fraction of sp³-hybridized carbons (Fsp3) is 0.250. The molecular formula is C36H34ClN3O4S. The molecule has 0 saturated heterocycles. The normalized spacial score (nSPS) is 15.0. The Morgan fingerprint density at radius 1 is 1.04 bits per heavy atom. The van der Waals surface area contributed by atoms with Crippen molar-refractivity contribution < 1.29 is 14.3 Å². The third-order valence-corrected chi connectivity index (χ3v) is 9.29. The van der Waals surface area contributed by atoms with Crippen LogP contribution >= 0.6 is 22.9 Å². The summed E-state index contributed by atoms with van der Waals surface area (Å²) in [5.41, 5.74) is 5.32. The van der Waals surface area contributed by atoms with E-state index in [0.29, 0.717) is 43.5 Å². The molecule has 0 amide bonds. The van der Waals surface area contributed by atoms with Crippen molar-refractivity contribution in [3.63, 3.8) is 0 Å². The van der Waals surface area contributed by atoms with E-state index in [9.17, 15) is 9.59 Å². The summed E-state index contributed by atoms with van der Waals surface area (Å²) in [5.74, 6) is 0.0953. The number of esters is 1. The molecule has 6 rings (SSSR count). The Morgan fingerprint density at radius 2 is 1.76 bits per heavy atom. The molecule has 7 nitrogen and oxygen atoms in total. The molecule has 0 bridgehead atoms. The van der Waals surface area contributed by atoms with Gasteiger partial charge >= 0.3 is 5.97 Å². The number of rotatable bonds is 8. The van der Waals surface area contributed by atoms with Crippen molar-refractivity contribution in [3.05, 3.63) is 131 Å². The van der Waals surface area contributed by atoms with Crippen LogP contribution in [-0.4, -0.2) is 27.8 Å². The maximum atomic E-state index is 14.4. The van der Waals surface area contributed by atoms with Crippen LogP contribution < -0.4 is 19.6 Å². The molecule has 0 spiro atoms. The second kappa shape index (κ2) is 12.5. The zero-order chi connectivity index (χ0) is 31.8. The van der Waals surface area contributed by atoms with Crippen molar-refractivity contribution in [3.8, 4) is 5.75 Å². The first-order valence-corrected chi connectivity index (χ1v) is 16.2. The molecule has 3 heterocycles. The van der Waals surface area contributed by atoms with E-state index in [1.165, 1.54) is 11.3 Å². The van der Waals surface area contributed by atoms with E-state index in [0.717, 1.165) is 27.7 Å². The average Bonchev–Trinajstić information content (AvgIpc) is 3.46. The van der Waals surface area contributed by atoms with Crippen LogP contribution in [0.4, 0.5) is 0 Å². The van der Waals surface area contributed by atoms with Crippen LogP contribution in [0, 0.1) is 6.92 Å². The molecule has 9 heteroatoms. The number of aromatic nitrogens is 2. The van der Waals surface area contributed by atoms with Gasteiger partial charge in [-0.3, -0.25) is 9.36 Å². The highest BCUT2D eigenvalue weighted by Crippen LogP contribution is 2.36. The van der Waals surface area contributed by atoms with Crippen molar-refractivity contribution >= 4 is 45.9 Å². The Morgan fingerprint density at radius 3 is 2.51 bits per heavy atom. The third kappa shape index (κ3) is 5.64. The lowest BCUT2D eigenvalue weighted by molar-refractivity contribution is -0.139. The highest BCUT2D eigenvalue weighted by Gasteiger charge is 2.35. The number of hydrogen-bond donors (Lipinski definition) is 0. The summed E-state index contributed by atoms with van der Waals surface area (Å²) in [6.45, 7) is 10.3. The molecule has 0 radical (unpaired) electrons. The van der Waals surface area contributed by atoms with Gasteiger partial charge in [0, 0.05) is 39.3 Å². The predicted octanol–water partition coefficient (Wildman–Crippen LogP) is 6.55. The van der Waals surface area contributed by atoms with Gasteiger partial charge in [-0.25, -0.2) is 9.79 Å². The van der Waals surface area contributed by atoms with Crippen LogP contribution in [0.5, 0.6) is 5.75 Å². The van der Waals surface area contributed by atoms with Crippen molar-refractivity contribution in [1.82, 2.24) is 9.13 Å². The first-order valence-electron chi connectivity index (χ1n) is 15.0. The molecule has 230 valence electrons. The quantitative estimate of drug-likeness (QED) is 0.181. The van der Waals surface area contributed by atoms with Gasteiger partial charge in [0.15, 0.2) is 4.80 Å². The maximum Gasteiger partial charge on any atom is 0.338 e. The van der Waals surface area contributed by atoms with Gasteiger partial charge in [-0.05, 0) is 64.5 Å². The Kier molecular flexibility index (Phi) is 8.53. The topological polar surface area (TPSA) is 74.8 Å². The molecule has 0 unspecified atom stereocenters. The first-order chi connectivity index (χ1) is 21.7. The van der Waals surface area contributed by atoms with Crippen LogP contribution in [0.2, 0.25) is 5.02 Å². The number of fused-ring (bicyclic) bond motifs is 2. The zero-order valence-electron chi connectivity index (χ0n) is 25.8. The molecular weight excluding hydrogens is 606 g/mol. The Hall–Kier alpha value is -4.40. The summed E-state index contributed by atoms with van der Waals surface area (Å²) in [4.78, 5) is 33.1. The van der Waals surface area contributed by atoms with E-state index in [4.69, 9.17) is 26.1 Å². The molecule has 2 aromatic heterocycles. The third-order valence-electron chi connectivity index (χ3n) is 7.93. The average molecular weight is 640 g/mol. The van der Waals surface area contributed by atoms with E-state index in [-0.39, 0.29) is 18.3 Å². The molecule has 3 aromatic carbocycles. The van der Waals surface area contributed by atoms with E-state index < -0.39 is 12.0 Å². The molecule has 1 atom stereocenters. The lowest BCUT2D eigenvalue weighted by Crippen LogP contribution is -2.40. The molecule has 1 aliphatic heterocycles. The lowest BCUT2D eigenvalue weighted by atomic mass is 9.95. The number of hydrogen-bond acceptors (Lipinski definition) is 6. The minimum Gasteiger partial charge on any atom is -0.491 e. The fourth-order valence-corrected chi connectivity index (χ4v) is 7.15. The molecule has 0 saturated carbocycles. The van der Waals surface area contributed by atoms with Crippen LogP contribution in [0.3, 0.4) is 0 Å². The second-order valence-electron chi connectivity index (χ2n) is 11.2. The molecule has 5 aromatic rings. The predicted molar refractivity (Wildman–Crippen MR) is 180 cm³/mol. The summed E-state index contributed by atoms with van der Waals surface area (Å²) < 4.78 is 16.0. The summed E-state index contributed by atoms with van der Waals surface area (Å²) >= 11 is 7.85. The summed E-state index contributed by atoms with van der Waals surface area (Å²) in [5, 5.41) is 1.74. The number of thiazole rings is 1. The SMILES string of the molecule is CCOC(=O)C1=C(C)N=c2s/c(=C\c3c(C)n(Cc4ccccc4Cl)c4ccccc34)c(=O)n2[C@@H]1c1ccccc1OC(C)C. The van der Waals surface area contributed by atoms with E-state index in [2.05, 4.69) is 23.6 Å². The highest BCUT2D eigenvalue weighted by atomic mass is 35.5. The van der Waals surface area contributed by atoms with E-state index in [1.807, 2.05) is 80.6 Å². The van der Waals surface area contributed by atoms with Gasteiger partial charge in [-0.2, -0.15) is 0 Å². The van der Waals surface area contributed by atoms with Gasteiger partial charge in [0.2, 0.25) is 0 Å². The van der Waals surface area contributed by atoms with Crippen molar-refractivity contribution in [2.45, 2.75) is 53.3 Å². The molecule has 0 N–H and O–H groups in total. The van der Waals surface area contributed by atoms with E-state index in [1.54, 1.807) is 18.4 Å². The lowest BCUT2D eigenvalue weighted by Gasteiger charge is -2.26. The molecule has 0 fully saturated rings. The summed E-state index contributed by atoms with van der Waals surface area (Å²) in [6, 6.07) is 22.7. The minimum absolute atomic E-state index is 0.107. The van der Waals surface area contributed by atoms with Gasteiger partial charge in [0.05, 0.1) is 28.5 Å². The number of carbonyl (C=O) groups excluding carboxylic acids is 1. The Labute approximate surface area is 270 Å². The standard InChI is InChI=1S/C36H34ClN3O4S/c1-6-43-35(42)32-22(4)38-36-40(33(32)26-15-9-12-18-30(26)44-21(2)3)34(41)31(45-36)19-27-23(5)39(29-17-11-8-14-25(27)29)20-24-13-7-10-16-28(24)37/h7-19,21,33H,6,20H2,1-5H3/b31-19-/t33-/m1/s1. The molecule has 0 aliphatic carbocycles. The number of allylic oxidation sites excluding steroid dienone is 1. The highest BCUT2D eigenvalue weighted by molar-refractivity contribution is 7.07. The second-order valence-corrected chi connectivity index (χ2v) is 12.6. The fourth-order valence-electron chi connectivity index (χ4n) is 5.93. The molecule has 45 heavy (non-hydrogen) atoms. The van der Waals surface area contributed by atoms with Gasteiger partial charge in [0.1, 0.15) is 11.8 Å². The van der Waals surface area contributed by atoms with Gasteiger partial charge in [-0.15, -0.1) is 0 Å². The summed E-state index contributed by atoms with van der Waals surface area (Å²) in [7, 11) is 0. The maximum absolute atomic E-state index is 14.4. The number of carbonyl (C=O) groups is 1. The van der Waals surface area contributed by atoms with Crippen molar-refractivity contribution in [2.75, 3.05) is 6.61 Å². The number of para-hydroxylation sites is 2. The van der Waals surface area contributed by atoms with Gasteiger partial charge in [0.25, 0.3) is 5.56 Å². The van der Waals surface area contributed by atoms with E-state index >= 15 is 0 Å². The van der Waals surface area contributed by atoms with Gasteiger partial charge in [-0.1, -0.05) is 77.5 Å².